The first kappa shape index (κ1) is 12.9. The number of β-amino-alcohol motifs (C(OH)–C–C–N with tert-alkyl or cyclic N) is 1. The first-order valence-corrected chi connectivity index (χ1v) is 5.55. The summed E-state index contributed by atoms with van der Waals surface area (Å²) in [6, 6.07) is 2.84. The molecule has 2 N–H and O–H groups in total. The molecule has 1 fully saturated rings. The number of nitrogens with one attached hydrogen (secondary N) is 1. The van der Waals surface area contributed by atoms with Gasteiger partial charge in [0.05, 0.1) is 12.1 Å². The second kappa shape index (κ2) is 4.62. The summed E-state index contributed by atoms with van der Waals surface area (Å²) in [6.07, 6.45) is 0. The van der Waals surface area contributed by atoms with E-state index in [9.17, 15) is 18.7 Å². The molecule has 2 rings (SSSR count). The predicted molar refractivity (Wildman–Crippen MR) is 62.1 cm³/mol. The Morgan fingerprint density at radius 1 is 1.39 bits per heavy atom. The SMILES string of the molecule is CC1(O)CN(CC(=O)Nc2cc(F)cc(F)c2)C1. The summed E-state index contributed by atoms with van der Waals surface area (Å²) < 4.78 is 25.8. The summed E-state index contributed by atoms with van der Waals surface area (Å²) in [5.41, 5.74) is -0.657. The van der Waals surface area contributed by atoms with E-state index >= 15 is 0 Å². The van der Waals surface area contributed by atoms with Crippen molar-refractivity contribution in [2.75, 3.05) is 25.0 Å². The van der Waals surface area contributed by atoms with Gasteiger partial charge in [-0.25, -0.2) is 8.78 Å². The van der Waals surface area contributed by atoms with Crippen molar-refractivity contribution in [1.82, 2.24) is 4.90 Å². The monoisotopic (exact) mass is 256 g/mol. The zero-order valence-electron chi connectivity index (χ0n) is 9.91. The first-order valence-electron chi connectivity index (χ1n) is 5.55. The number of benzene rings is 1. The van der Waals surface area contributed by atoms with Gasteiger partial charge in [0, 0.05) is 24.8 Å². The number of carbonyl (C=O) groups excluding carboxylic acids is 1. The molecule has 1 aromatic carbocycles. The average molecular weight is 256 g/mol. The molecular weight excluding hydrogens is 242 g/mol. The van der Waals surface area contributed by atoms with Gasteiger partial charge in [-0.05, 0) is 19.1 Å². The molecule has 4 nitrogen and oxygen atoms in total. The van der Waals surface area contributed by atoms with E-state index in [4.69, 9.17) is 0 Å². The van der Waals surface area contributed by atoms with E-state index in [2.05, 4.69) is 5.32 Å². The predicted octanol–water partition coefficient (Wildman–Crippen LogP) is 0.970. The molecule has 98 valence electrons. The van der Waals surface area contributed by atoms with Crippen molar-refractivity contribution >= 4 is 11.6 Å². The molecule has 1 aliphatic heterocycles. The molecule has 0 bridgehead atoms. The Morgan fingerprint density at radius 3 is 2.44 bits per heavy atom. The van der Waals surface area contributed by atoms with Gasteiger partial charge >= 0.3 is 0 Å². The quantitative estimate of drug-likeness (QED) is 0.847. The van der Waals surface area contributed by atoms with Crippen LogP contribution in [0, 0.1) is 11.6 Å². The summed E-state index contributed by atoms with van der Waals surface area (Å²) in [5, 5.41) is 11.9. The maximum atomic E-state index is 12.9. The zero-order chi connectivity index (χ0) is 13.3. The molecule has 1 aliphatic rings. The van der Waals surface area contributed by atoms with E-state index in [1.807, 2.05) is 0 Å². The van der Waals surface area contributed by atoms with Gasteiger partial charge in [0.25, 0.3) is 0 Å². The Bertz CT molecular complexity index is 449. The van der Waals surface area contributed by atoms with Gasteiger partial charge in [0.2, 0.25) is 5.91 Å². The highest BCUT2D eigenvalue weighted by atomic mass is 19.1. The fraction of sp³-hybridized carbons (Fsp3) is 0.417. The zero-order valence-corrected chi connectivity index (χ0v) is 9.91. The van der Waals surface area contributed by atoms with E-state index in [1.54, 1.807) is 11.8 Å². The molecule has 0 spiro atoms. The van der Waals surface area contributed by atoms with Crippen molar-refractivity contribution in [3.63, 3.8) is 0 Å². The minimum absolute atomic E-state index is 0.0878. The number of nitrogens with zero attached hydrogens (tertiary/aromatic N) is 1. The van der Waals surface area contributed by atoms with E-state index < -0.39 is 17.2 Å². The summed E-state index contributed by atoms with van der Waals surface area (Å²) in [7, 11) is 0. The molecule has 0 unspecified atom stereocenters. The number of hydrogen-bond donors (Lipinski definition) is 2. The van der Waals surface area contributed by atoms with Gasteiger partial charge in [-0.15, -0.1) is 0 Å². The van der Waals surface area contributed by atoms with E-state index in [1.165, 1.54) is 0 Å². The highest BCUT2D eigenvalue weighted by Crippen LogP contribution is 2.19. The normalized spacial score (nSPS) is 18.2. The van der Waals surface area contributed by atoms with Crippen molar-refractivity contribution in [3.8, 4) is 0 Å². The third kappa shape index (κ3) is 3.24. The van der Waals surface area contributed by atoms with Crippen molar-refractivity contribution in [2.45, 2.75) is 12.5 Å². The second-order valence-electron chi connectivity index (χ2n) is 4.85. The summed E-state index contributed by atoms with van der Waals surface area (Å²) in [5.74, 6) is -1.84. The molecule has 1 aromatic rings. The van der Waals surface area contributed by atoms with Crippen molar-refractivity contribution in [3.05, 3.63) is 29.8 Å². The largest absolute Gasteiger partial charge is 0.388 e. The fourth-order valence-corrected chi connectivity index (χ4v) is 2.06. The van der Waals surface area contributed by atoms with Gasteiger partial charge < -0.3 is 10.4 Å². The number of hydrogen-bond acceptors (Lipinski definition) is 3. The maximum absolute atomic E-state index is 12.9. The van der Waals surface area contributed by atoms with Crippen molar-refractivity contribution in [1.29, 1.82) is 0 Å². The number of carbonyl (C=O) groups is 1. The molecule has 0 aromatic heterocycles. The van der Waals surface area contributed by atoms with Crippen LogP contribution in [0.15, 0.2) is 18.2 Å². The minimum atomic E-state index is -0.745. The Hall–Kier alpha value is -1.53. The number of halogens is 2. The highest BCUT2D eigenvalue weighted by molar-refractivity contribution is 5.92. The second-order valence-corrected chi connectivity index (χ2v) is 4.85. The maximum Gasteiger partial charge on any atom is 0.238 e. The van der Waals surface area contributed by atoms with E-state index in [-0.39, 0.29) is 18.1 Å². The lowest BCUT2D eigenvalue weighted by molar-refractivity contribution is -0.125. The molecule has 0 saturated carbocycles. The van der Waals surface area contributed by atoms with E-state index in [0.717, 1.165) is 18.2 Å². The number of likely N-dealkylation sites (tertiary alicyclic amines) is 1. The lowest BCUT2D eigenvalue weighted by atomic mass is 9.97. The standard InChI is InChI=1S/C12H14F2N2O2/c1-12(18)6-16(7-12)5-11(17)15-10-3-8(13)2-9(14)4-10/h2-4,18H,5-7H2,1H3,(H,15,17). The van der Waals surface area contributed by atoms with Crippen LogP contribution in [0.5, 0.6) is 0 Å². The molecule has 6 heteroatoms. The summed E-state index contributed by atoms with van der Waals surface area (Å²) >= 11 is 0. The van der Waals surface area contributed by atoms with Crippen LogP contribution in [0.4, 0.5) is 14.5 Å². The van der Waals surface area contributed by atoms with Gasteiger partial charge in [-0.2, -0.15) is 0 Å². The highest BCUT2D eigenvalue weighted by Gasteiger charge is 2.37. The Morgan fingerprint density at radius 2 is 1.94 bits per heavy atom. The lowest BCUT2D eigenvalue weighted by Gasteiger charge is -2.43. The molecule has 1 amide bonds. The van der Waals surface area contributed by atoms with Crippen LogP contribution in [0.25, 0.3) is 0 Å². The summed E-state index contributed by atoms with van der Waals surface area (Å²) in [4.78, 5) is 13.3. The molecule has 1 heterocycles. The van der Waals surface area contributed by atoms with Gasteiger partial charge in [0.1, 0.15) is 11.6 Å². The Balaban J connectivity index is 1.88. The van der Waals surface area contributed by atoms with Crippen LogP contribution >= 0.6 is 0 Å². The van der Waals surface area contributed by atoms with Crippen LogP contribution in [-0.2, 0) is 4.79 Å². The molecule has 1 saturated heterocycles. The number of rotatable bonds is 3. The van der Waals surface area contributed by atoms with Crippen molar-refractivity contribution in [2.24, 2.45) is 0 Å². The van der Waals surface area contributed by atoms with Crippen LogP contribution in [-0.4, -0.2) is 41.1 Å². The van der Waals surface area contributed by atoms with Gasteiger partial charge in [0.15, 0.2) is 0 Å². The lowest BCUT2D eigenvalue weighted by Crippen LogP contribution is -2.61. The average Bonchev–Trinajstić information content (AvgIpc) is 2.11. The first-order chi connectivity index (χ1) is 8.34. The van der Waals surface area contributed by atoms with Crippen LogP contribution in [0.2, 0.25) is 0 Å². The minimum Gasteiger partial charge on any atom is -0.388 e. The smallest absolute Gasteiger partial charge is 0.238 e. The number of aliphatic hydroxyl groups is 1. The molecule has 0 aliphatic carbocycles. The number of anilines is 1. The Labute approximate surface area is 103 Å². The summed E-state index contributed by atoms with van der Waals surface area (Å²) in [6.45, 7) is 2.60. The third-order valence-corrected chi connectivity index (χ3v) is 2.64. The Kier molecular flexibility index (Phi) is 3.32. The van der Waals surface area contributed by atoms with Crippen LogP contribution in [0.3, 0.4) is 0 Å². The third-order valence-electron chi connectivity index (χ3n) is 2.64. The van der Waals surface area contributed by atoms with Crippen LogP contribution < -0.4 is 5.32 Å². The van der Waals surface area contributed by atoms with Gasteiger partial charge in [-0.1, -0.05) is 0 Å². The molecular formula is C12H14F2N2O2. The fourth-order valence-electron chi connectivity index (χ4n) is 2.06. The van der Waals surface area contributed by atoms with E-state index in [0.29, 0.717) is 13.1 Å². The molecule has 0 radical (unpaired) electrons. The topological polar surface area (TPSA) is 52.6 Å². The van der Waals surface area contributed by atoms with Crippen molar-refractivity contribution < 1.29 is 18.7 Å². The molecule has 0 atom stereocenters. The number of amides is 1. The van der Waals surface area contributed by atoms with Gasteiger partial charge in [-0.3, -0.25) is 9.69 Å². The molecule has 18 heavy (non-hydrogen) atoms. The van der Waals surface area contributed by atoms with Crippen LogP contribution in [0.1, 0.15) is 6.92 Å².